The summed E-state index contributed by atoms with van der Waals surface area (Å²) in [7, 11) is 1.58. The predicted octanol–water partition coefficient (Wildman–Crippen LogP) is 2.32. The van der Waals surface area contributed by atoms with Crippen molar-refractivity contribution in [3.05, 3.63) is 41.3 Å². The van der Waals surface area contributed by atoms with E-state index in [0.29, 0.717) is 23.9 Å². The van der Waals surface area contributed by atoms with E-state index in [1.165, 1.54) is 12.1 Å². The fourth-order valence-electron chi connectivity index (χ4n) is 1.74. The van der Waals surface area contributed by atoms with E-state index < -0.39 is 0 Å². The Morgan fingerprint density at radius 1 is 1.28 bits per heavy atom. The zero-order valence-corrected chi connectivity index (χ0v) is 10.3. The van der Waals surface area contributed by atoms with Crippen LogP contribution in [0.25, 0.3) is 11.4 Å². The molecule has 1 heterocycles. The van der Waals surface area contributed by atoms with Gasteiger partial charge in [-0.2, -0.15) is 0 Å². The number of aryl methyl sites for hydroxylation is 1. The molecule has 2 rings (SSSR count). The van der Waals surface area contributed by atoms with Gasteiger partial charge in [-0.25, -0.2) is 14.4 Å². The second-order valence-electron chi connectivity index (χ2n) is 4.00. The SMILES string of the molecule is COCc1cc(N)nc(-c2ccc(F)cc2C)n1. The molecule has 0 atom stereocenters. The van der Waals surface area contributed by atoms with Crippen LogP contribution in [-0.2, 0) is 11.3 Å². The number of halogens is 1. The number of nitrogens with two attached hydrogens (primary N) is 1. The summed E-state index contributed by atoms with van der Waals surface area (Å²) in [6, 6.07) is 6.13. The molecule has 2 N–H and O–H groups in total. The quantitative estimate of drug-likeness (QED) is 0.904. The second-order valence-corrected chi connectivity index (χ2v) is 4.00. The Labute approximate surface area is 105 Å². The molecule has 0 radical (unpaired) electrons. The minimum absolute atomic E-state index is 0.280. The Bertz CT molecular complexity index is 572. The first-order valence-corrected chi connectivity index (χ1v) is 5.49. The van der Waals surface area contributed by atoms with Gasteiger partial charge in [-0.1, -0.05) is 0 Å². The molecule has 0 unspecified atom stereocenters. The molecule has 0 bridgehead atoms. The molecule has 1 aromatic heterocycles. The normalized spacial score (nSPS) is 10.6. The minimum atomic E-state index is -0.280. The predicted molar refractivity (Wildman–Crippen MR) is 67.3 cm³/mol. The zero-order valence-electron chi connectivity index (χ0n) is 10.3. The lowest BCUT2D eigenvalue weighted by Crippen LogP contribution is -2.02. The van der Waals surface area contributed by atoms with E-state index in [2.05, 4.69) is 9.97 Å². The van der Waals surface area contributed by atoms with Crippen molar-refractivity contribution >= 4 is 5.82 Å². The summed E-state index contributed by atoms with van der Waals surface area (Å²) >= 11 is 0. The fraction of sp³-hybridized carbons (Fsp3) is 0.231. The van der Waals surface area contributed by atoms with Gasteiger partial charge in [0.05, 0.1) is 12.3 Å². The van der Waals surface area contributed by atoms with Crippen LogP contribution in [0.15, 0.2) is 24.3 Å². The van der Waals surface area contributed by atoms with Gasteiger partial charge in [-0.3, -0.25) is 0 Å². The molecule has 0 spiro atoms. The molecule has 94 valence electrons. The van der Waals surface area contributed by atoms with Gasteiger partial charge >= 0.3 is 0 Å². The number of hydrogen-bond donors (Lipinski definition) is 1. The van der Waals surface area contributed by atoms with Crippen molar-refractivity contribution in [2.24, 2.45) is 0 Å². The molecule has 5 heteroatoms. The zero-order chi connectivity index (χ0) is 13.1. The standard InChI is InChI=1S/C13H14FN3O/c1-8-5-9(14)3-4-11(8)13-16-10(7-18-2)6-12(15)17-13/h3-6H,7H2,1-2H3,(H2,15,16,17). The Kier molecular flexibility index (Phi) is 3.53. The van der Waals surface area contributed by atoms with E-state index in [9.17, 15) is 4.39 Å². The van der Waals surface area contributed by atoms with Crippen molar-refractivity contribution < 1.29 is 9.13 Å². The highest BCUT2D eigenvalue weighted by Crippen LogP contribution is 2.22. The average Bonchev–Trinajstić information content (AvgIpc) is 2.28. The average molecular weight is 247 g/mol. The number of benzene rings is 1. The van der Waals surface area contributed by atoms with Gasteiger partial charge in [0.15, 0.2) is 5.82 Å². The van der Waals surface area contributed by atoms with Crippen LogP contribution in [0, 0.1) is 12.7 Å². The number of anilines is 1. The molecule has 0 saturated carbocycles. The number of rotatable bonds is 3. The number of nitrogens with zero attached hydrogens (tertiary/aromatic N) is 2. The Balaban J connectivity index is 2.49. The minimum Gasteiger partial charge on any atom is -0.384 e. The molecular formula is C13H14FN3O. The first kappa shape index (κ1) is 12.4. The van der Waals surface area contributed by atoms with Gasteiger partial charge in [0.25, 0.3) is 0 Å². The van der Waals surface area contributed by atoms with Crippen molar-refractivity contribution in [2.75, 3.05) is 12.8 Å². The molecule has 1 aromatic carbocycles. The molecule has 0 aliphatic rings. The highest BCUT2D eigenvalue weighted by molar-refractivity contribution is 5.61. The van der Waals surface area contributed by atoms with Gasteiger partial charge in [0, 0.05) is 18.7 Å². The number of hydrogen-bond acceptors (Lipinski definition) is 4. The summed E-state index contributed by atoms with van der Waals surface area (Å²) in [5, 5.41) is 0. The number of methoxy groups -OCH3 is 1. The van der Waals surface area contributed by atoms with E-state index in [1.807, 2.05) is 0 Å². The maximum absolute atomic E-state index is 13.1. The van der Waals surface area contributed by atoms with E-state index in [1.54, 1.807) is 26.2 Å². The highest BCUT2D eigenvalue weighted by atomic mass is 19.1. The lowest BCUT2D eigenvalue weighted by molar-refractivity contribution is 0.181. The lowest BCUT2D eigenvalue weighted by Gasteiger charge is -2.07. The summed E-state index contributed by atoms with van der Waals surface area (Å²) in [6.45, 7) is 2.17. The second kappa shape index (κ2) is 5.10. The van der Waals surface area contributed by atoms with Gasteiger partial charge < -0.3 is 10.5 Å². The molecule has 0 aliphatic heterocycles. The highest BCUT2D eigenvalue weighted by Gasteiger charge is 2.08. The Morgan fingerprint density at radius 2 is 2.06 bits per heavy atom. The first-order chi connectivity index (χ1) is 8.60. The van der Waals surface area contributed by atoms with Crippen molar-refractivity contribution in [2.45, 2.75) is 13.5 Å². The molecule has 0 fully saturated rings. The van der Waals surface area contributed by atoms with Crippen LogP contribution < -0.4 is 5.73 Å². The van der Waals surface area contributed by atoms with Crippen LogP contribution in [0.1, 0.15) is 11.3 Å². The van der Waals surface area contributed by atoms with Gasteiger partial charge in [-0.05, 0) is 30.7 Å². The molecule has 0 amide bonds. The molecule has 2 aromatic rings. The molecule has 18 heavy (non-hydrogen) atoms. The van der Waals surface area contributed by atoms with Crippen molar-refractivity contribution in [1.29, 1.82) is 0 Å². The summed E-state index contributed by atoms with van der Waals surface area (Å²) in [5.74, 6) is 0.576. The molecular weight excluding hydrogens is 233 g/mol. The van der Waals surface area contributed by atoms with E-state index in [4.69, 9.17) is 10.5 Å². The van der Waals surface area contributed by atoms with Crippen molar-refractivity contribution in [3.63, 3.8) is 0 Å². The number of nitrogen functional groups attached to an aromatic ring is 1. The van der Waals surface area contributed by atoms with Gasteiger partial charge in [-0.15, -0.1) is 0 Å². The van der Waals surface area contributed by atoms with Crippen LogP contribution >= 0.6 is 0 Å². The largest absolute Gasteiger partial charge is 0.384 e. The number of ether oxygens (including phenoxy) is 1. The van der Waals surface area contributed by atoms with Crippen LogP contribution in [0.2, 0.25) is 0 Å². The third-order valence-electron chi connectivity index (χ3n) is 2.52. The van der Waals surface area contributed by atoms with Crippen LogP contribution in [-0.4, -0.2) is 17.1 Å². The van der Waals surface area contributed by atoms with Gasteiger partial charge in [0.2, 0.25) is 0 Å². The van der Waals surface area contributed by atoms with E-state index in [-0.39, 0.29) is 5.82 Å². The number of aromatic nitrogens is 2. The Hall–Kier alpha value is -2.01. The monoisotopic (exact) mass is 247 g/mol. The fourth-order valence-corrected chi connectivity index (χ4v) is 1.74. The van der Waals surface area contributed by atoms with Gasteiger partial charge in [0.1, 0.15) is 11.6 Å². The summed E-state index contributed by atoms with van der Waals surface area (Å²) < 4.78 is 18.1. The lowest BCUT2D eigenvalue weighted by atomic mass is 10.1. The maximum Gasteiger partial charge on any atom is 0.162 e. The third kappa shape index (κ3) is 2.62. The third-order valence-corrected chi connectivity index (χ3v) is 2.52. The molecule has 0 saturated heterocycles. The van der Waals surface area contributed by atoms with Crippen molar-refractivity contribution in [3.8, 4) is 11.4 Å². The smallest absolute Gasteiger partial charge is 0.162 e. The van der Waals surface area contributed by atoms with E-state index in [0.717, 1.165) is 11.1 Å². The first-order valence-electron chi connectivity index (χ1n) is 5.49. The van der Waals surface area contributed by atoms with Crippen molar-refractivity contribution in [1.82, 2.24) is 9.97 Å². The topological polar surface area (TPSA) is 61.0 Å². The van der Waals surface area contributed by atoms with E-state index >= 15 is 0 Å². The maximum atomic E-state index is 13.1. The summed E-state index contributed by atoms with van der Waals surface area (Å²) in [6.07, 6.45) is 0. The molecule has 4 nitrogen and oxygen atoms in total. The van der Waals surface area contributed by atoms with Crippen LogP contribution in [0.4, 0.5) is 10.2 Å². The summed E-state index contributed by atoms with van der Waals surface area (Å²) in [5.41, 5.74) is 7.96. The Morgan fingerprint density at radius 3 is 2.72 bits per heavy atom. The van der Waals surface area contributed by atoms with Crippen LogP contribution in [0.5, 0.6) is 0 Å². The summed E-state index contributed by atoms with van der Waals surface area (Å²) in [4.78, 5) is 8.51. The van der Waals surface area contributed by atoms with Crippen LogP contribution in [0.3, 0.4) is 0 Å². The molecule has 0 aliphatic carbocycles.